The molecule has 20 heavy (non-hydrogen) atoms. The predicted octanol–water partition coefficient (Wildman–Crippen LogP) is 0.454. The molecule has 0 spiro atoms. The van der Waals surface area contributed by atoms with Gasteiger partial charge in [0.25, 0.3) is 0 Å². The summed E-state index contributed by atoms with van der Waals surface area (Å²) in [6.07, 6.45) is 2.38. The number of carbonyl (C=O) groups excluding carboxylic acids is 1. The fraction of sp³-hybridized carbons (Fsp3) is 0.857. The number of nitrogens with two attached hydrogens (primary N) is 1. The van der Waals surface area contributed by atoms with Crippen LogP contribution in [0, 0.1) is 11.3 Å². The fourth-order valence-corrected chi connectivity index (χ4v) is 3.27. The molecule has 2 fully saturated rings. The summed E-state index contributed by atoms with van der Waals surface area (Å²) < 4.78 is 5.34. The Labute approximate surface area is 119 Å². The number of nitrogens with zero attached hydrogens (tertiary/aromatic N) is 1. The number of aliphatic carboxylic acids is 1. The van der Waals surface area contributed by atoms with Crippen LogP contribution >= 0.6 is 0 Å². The number of hydrogen-bond acceptors (Lipinski definition) is 4. The smallest absolute Gasteiger partial charge is 0.306 e. The van der Waals surface area contributed by atoms with Gasteiger partial charge in [0.1, 0.15) is 0 Å². The number of carboxylic acids is 1. The Bertz CT molecular complexity index is 379. The van der Waals surface area contributed by atoms with E-state index in [1.807, 2.05) is 11.8 Å². The lowest BCUT2D eigenvalue weighted by Crippen LogP contribution is -2.55. The van der Waals surface area contributed by atoms with E-state index in [9.17, 15) is 9.59 Å². The van der Waals surface area contributed by atoms with Crippen LogP contribution in [0.5, 0.6) is 0 Å². The van der Waals surface area contributed by atoms with E-state index in [2.05, 4.69) is 0 Å². The number of amides is 1. The molecule has 0 aromatic carbocycles. The lowest BCUT2D eigenvalue weighted by atomic mass is 9.77. The van der Waals surface area contributed by atoms with Crippen molar-refractivity contribution >= 4 is 11.9 Å². The quantitative estimate of drug-likeness (QED) is 0.785. The third-order valence-electron chi connectivity index (χ3n) is 4.78. The van der Waals surface area contributed by atoms with Crippen LogP contribution in [-0.2, 0) is 14.3 Å². The lowest BCUT2D eigenvalue weighted by Gasteiger charge is -2.44. The average Bonchev–Trinajstić information content (AvgIpc) is 2.47. The maximum absolute atomic E-state index is 12.8. The molecule has 3 N–H and O–H groups in total. The Morgan fingerprint density at radius 3 is 2.55 bits per heavy atom. The second-order valence-electron chi connectivity index (χ2n) is 6.00. The second kappa shape index (κ2) is 6.10. The molecule has 0 aromatic rings. The summed E-state index contributed by atoms with van der Waals surface area (Å²) in [7, 11) is 0. The highest BCUT2D eigenvalue weighted by Crippen LogP contribution is 2.34. The molecule has 0 saturated carbocycles. The van der Waals surface area contributed by atoms with Gasteiger partial charge in [0, 0.05) is 32.3 Å². The van der Waals surface area contributed by atoms with Crippen LogP contribution < -0.4 is 5.73 Å². The molecule has 0 radical (unpaired) electrons. The predicted molar refractivity (Wildman–Crippen MR) is 73.1 cm³/mol. The van der Waals surface area contributed by atoms with Crippen molar-refractivity contribution in [1.29, 1.82) is 0 Å². The van der Waals surface area contributed by atoms with Crippen LogP contribution in [-0.4, -0.2) is 54.2 Å². The molecule has 6 nitrogen and oxygen atoms in total. The van der Waals surface area contributed by atoms with Gasteiger partial charge in [0.2, 0.25) is 5.91 Å². The number of carboxylic acid groups (broad SMARTS) is 1. The zero-order valence-electron chi connectivity index (χ0n) is 12.0. The van der Waals surface area contributed by atoms with Crippen molar-refractivity contribution in [1.82, 2.24) is 4.90 Å². The first-order valence-corrected chi connectivity index (χ1v) is 7.32. The van der Waals surface area contributed by atoms with Crippen LogP contribution in [0.1, 0.15) is 32.6 Å². The van der Waals surface area contributed by atoms with E-state index in [-0.39, 0.29) is 17.9 Å². The first-order valence-electron chi connectivity index (χ1n) is 7.32. The molecule has 0 aliphatic carbocycles. The molecule has 0 bridgehead atoms. The average molecular weight is 284 g/mol. The van der Waals surface area contributed by atoms with Gasteiger partial charge < -0.3 is 20.5 Å². The summed E-state index contributed by atoms with van der Waals surface area (Å²) in [4.78, 5) is 25.7. The van der Waals surface area contributed by atoms with Gasteiger partial charge in [-0.1, -0.05) is 0 Å². The van der Waals surface area contributed by atoms with Gasteiger partial charge >= 0.3 is 5.97 Å². The minimum absolute atomic E-state index is 0.0383. The summed E-state index contributed by atoms with van der Waals surface area (Å²) in [5, 5.41) is 9.09. The van der Waals surface area contributed by atoms with E-state index in [0.717, 1.165) is 0 Å². The first kappa shape index (κ1) is 15.3. The summed E-state index contributed by atoms with van der Waals surface area (Å²) in [5.74, 6) is -1.01. The SMILES string of the molecule is CC1CC(C(=O)O)CCN1C(=O)C1(CN)CCOCC1. The van der Waals surface area contributed by atoms with Crippen LogP contribution in [0.3, 0.4) is 0 Å². The molecule has 2 unspecified atom stereocenters. The normalized spacial score (nSPS) is 30.0. The number of carbonyl (C=O) groups is 2. The highest BCUT2D eigenvalue weighted by atomic mass is 16.5. The largest absolute Gasteiger partial charge is 0.481 e. The lowest BCUT2D eigenvalue weighted by molar-refractivity contribution is -0.155. The van der Waals surface area contributed by atoms with Gasteiger partial charge in [-0.25, -0.2) is 0 Å². The fourth-order valence-electron chi connectivity index (χ4n) is 3.27. The zero-order chi connectivity index (χ0) is 14.8. The second-order valence-corrected chi connectivity index (χ2v) is 6.00. The summed E-state index contributed by atoms with van der Waals surface area (Å²) in [6, 6.07) is -0.0383. The van der Waals surface area contributed by atoms with Crippen molar-refractivity contribution in [2.24, 2.45) is 17.1 Å². The molecule has 2 atom stereocenters. The molecular formula is C14H24N2O4. The van der Waals surface area contributed by atoms with E-state index in [4.69, 9.17) is 15.6 Å². The number of likely N-dealkylation sites (tertiary alicyclic amines) is 1. The molecule has 2 aliphatic rings. The van der Waals surface area contributed by atoms with Crippen LogP contribution in [0.25, 0.3) is 0 Å². The van der Waals surface area contributed by atoms with Gasteiger partial charge in [0.05, 0.1) is 11.3 Å². The topological polar surface area (TPSA) is 92.9 Å². The number of piperidine rings is 1. The molecule has 1 amide bonds. The van der Waals surface area contributed by atoms with Crippen molar-refractivity contribution in [3.8, 4) is 0 Å². The Balaban J connectivity index is 2.07. The Hall–Kier alpha value is -1.14. The van der Waals surface area contributed by atoms with Crippen molar-refractivity contribution in [3.63, 3.8) is 0 Å². The van der Waals surface area contributed by atoms with Crippen LogP contribution in [0.4, 0.5) is 0 Å². The van der Waals surface area contributed by atoms with E-state index in [0.29, 0.717) is 52.0 Å². The highest BCUT2D eigenvalue weighted by Gasteiger charge is 2.44. The number of rotatable bonds is 3. The van der Waals surface area contributed by atoms with E-state index in [1.54, 1.807) is 0 Å². The van der Waals surface area contributed by atoms with E-state index < -0.39 is 11.4 Å². The minimum Gasteiger partial charge on any atom is -0.481 e. The van der Waals surface area contributed by atoms with Crippen molar-refractivity contribution < 1.29 is 19.4 Å². The number of ether oxygens (including phenoxy) is 1. The Kier molecular flexibility index (Phi) is 4.65. The Morgan fingerprint density at radius 2 is 2.05 bits per heavy atom. The monoisotopic (exact) mass is 284 g/mol. The third kappa shape index (κ3) is 2.81. The van der Waals surface area contributed by atoms with Gasteiger partial charge in [-0.15, -0.1) is 0 Å². The summed E-state index contributed by atoms with van der Waals surface area (Å²) >= 11 is 0. The molecule has 114 valence electrons. The van der Waals surface area contributed by atoms with Gasteiger partial charge in [-0.3, -0.25) is 9.59 Å². The summed E-state index contributed by atoms with van der Waals surface area (Å²) in [6.45, 7) is 3.92. The maximum Gasteiger partial charge on any atom is 0.306 e. The van der Waals surface area contributed by atoms with E-state index >= 15 is 0 Å². The molecule has 0 aromatic heterocycles. The summed E-state index contributed by atoms with van der Waals surface area (Å²) in [5.41, 5.74) is 5.36. The molecule has 2 rings (SSSR count). The van der Waals surface area contributed by atoms with Crippen molar-refractivity contribution in [3.05, 3.63) is 0 Å². The zero-order valence-corrected chi connectivity index (χ0v) is 12.0. The van der Waals surface area contributed by atoms with Gasteiger partial charge in [-0.2, -0.15) is 0 Å². The molecule has 2 aliphatic heterocycles. The van der Waals surface area contributed by atoms with Crippen molar-refractivity contribution in [2.75, 3.05) is 26.3 Å². The van der Waals surface area contributed by atoms with Crippen LogP contribution in [0.15, 0.2) is 0 Å². The molecular weight excluding hydrogens is 260 g/mol. The first-order chi connectivity index (χ1) is 9.50. The standard InChI is InChI=1S/C14H24N2O4/c1-10-8-11(12(17)18)2-5-16(10)13(19)14(9-15)3-6-20-7-4-14/h10-11H,2-9,15H2,1H3,(H,17,18). The van der Waals surface area contributed by atoms with Crippen LogP contribution in [0.2, 0.25) is 0 Å². The van der Waals surface area contributed by atoms with E-state index in [1.165, 1.54) is 0 Å². The van der Waals surface area contributed by atoms with Crippen molar-refractivity contribution in [2.45, 2.75) is 38.6 Å². The third-order valence-corrected chi connectivity index (χ3v) is 4.78. The number of hydrogen-bond donors (Lipinski definition) is 2. The molecule has 2 heterocycles. The molecule has 2 saturated heterocycles. The highest BCUT2D eigenvalue weighted by molar-refractivity contribution is 5.84. The Morgan fingerprint density at radius 1 is 1.40 bits per heavy atom. The maximum atomic E-state index is 12.8. The molecule has 6 heteroatoms. The van der Waals surface area contributed by atoms with Gasteiger partial charge in [-0.05, 0) is 32.6 Å². The minimum atomic E-state index is -0.761. The van der Waals surface area contributed by atoms with Gasteiger partial charge in [0.15, 0.2) is 0 Å².